The summed E-state index contributed by atoms with van der Waals surface area (Å²) in [5, 5.41) is 13.9. The highest BCUT2D eigenvalue weighted by Gasteiger charge is 2.70. The van der Waals surface area contributed by atoms with Crippen LogP contribution in [0.3, 0.4) is 0 Å². The molecule has 0 aromatic heterocycles. The van der Waals surface area contributed by atoms with Gasteiger partial charge in [-0.1, -0.05) is 95.3 Å². The molecular weight excluding hydrogens is 703 g/mol. The maximum absolute atomic E-state index is 13.4. The number of hydrogen-bond acceptors (Lipinski definition) is 4. The highest BCUT2D eigenvalue weighted by molar-refractivity contribution is 5.88. The van der Waals surface area contributed by atoms with E-state index in [1.165, 1.54) is 68.1 Å². The molecule has 6 aliphatic rings. The molecule has 6 heteroatoms. The lowest BCUT2D eigenvalue weighted by Gasteiger charge is -2.72. The molecule has 0 radical (unpaired) electrons. The molecule has 0 spiro atoms. The van der Waals surface area contributed by atoms with Gasteiger partial charge in [-0.25, -0.2) is 4.79 Å². The summed E-state index contributed by atoms with van der Waals surface area (Å²) in [6, 6.07) is 17.8. The van der Waals surface area contributed by atoms with E-state index in [1.54, 1.807) is 12.1 Å². The summed E-state index contributed by atoms with van der Waals surface area (Å²) >= 11 is 0. The standard InChI is InChI=1S/C51H71N3O3/c1-34(2)39-20-25-51(52-28-29-53-30-32-54(33-31-53)45(55)35(3)36-12-10-9-11-13-36)27-26-49(7)41(44(39)51)18-19-43-48(6)23-21-40(37-14-16-38(17-15-37)46(56)57)47(4,5)42(48)22-24-50(43,49)8/h9-17,21,35,39,41-44,52H,1,18-20,22-33H2,2-8H3,(H,56,57). The zero-order chi connectivity index (χ0) is 40.5. The van der Waals surface area contributed by atoms with Gasteiger partial charge < -0.3 is 15.3 Å². The molecule has 2 aromatic carbocycles. The summed E-state index contributed by atoms with van der Waals surface area (Å²) in [7, 11) is 0. The number of hydrogen-bond donors (Lipinski definition) is 2. The van der Waals surface area contributed by atoms with Gasteiger partial charge >= 0.3 is 5.97 Å². The van der Waals surface area contributed by atoms with Gasteiger partial charge in [0.2, 0.25) is 5.91 Å². The van der Waals surface area contributed by atoms with Crippen molar-refractivity contribution in [2.24, 2.45) is 51.2 Å². The fourth-order valence-corrected chi connectivity index (χ4v) is 15.2. The molecule has 1 aliphatic heterocycles. The number of nitrogens with one attached hydrogen (secondary N) is 1. The maximum atomic E-state index is 13.4. The minimum atomic E-state index is -0.863. The fraction of sp³-hybridized carbons (Fsp3) is 0.647. The Balaban J connectivity index is 0.964. The van der Waals surface area contributed by atoms with Gasteiger partial charge in [0.25, 0.3) is 0 Å². The van der Waals surface area contributed by atoms with Crippen molar-refractivity contribution in [2.75, 3.05) is 39.3 Å². The molecule has 308 valence electrons. The quantitative estimate of drug-likeness (QED) is 0.248. The Morgan fingerprint density at radius 2 is 1.54 bits per heavy atom. The number of benzene rings is 2. The number of allylic oxidation sites excluding steroid dienone is 3. The molecule has 0 bridgehead atoms. The van der Waals surface area contributed by atoms with Crippen LogP contribution in [0.1, 0.15) is 134 Å². The number of aromatic carboxylic acids is 1. The third-order valence-corrected chi connectivity index (χ3v) is 18.3. The molecule has 57 heavy (non-hydrogen) atoms. The van der Waals surface area contributed by atoms with Crippen molar-refractivity contribution in [1.82, 2.24) is 15.1 Å². The molecule has 5 aliphatic carbocycles. The first-order chi connectivity index (χ1) is 27.1. The minimum absolute atomic E-state index is 0.0156. The number of piperazine rings is 1. The van der Waals surface area contributed by atoms with Crippen LogP contribution < -0.4 is 5.32 Å². The van der Waals surface area contributed by atoms with Crippen LogP contribution in [-0.2, 0) is 4.79 Å². The lowest BCUT2D eigenvalue weighted by Crippen LogP contribution is -2.68. The van der Waals surface area contributed by atoms with Gasteiger partial charge in [0.05, 0.1) is 11.5 Å². The van der Waals surface area contributed by atoms with Crippen molar-refractivity contribution in [3.05, 3.63) is 89.5 Å². The van der Waals surface area contributed by atoms with Gasteiger partial charge in [-0.2, -0.15) is 0 Å². The molecule has 10 atom stereocenters. The van der Waals surface area contributed by atoms with Crippen molar-refractivity contribution in [3.63, 3.8) is 0 Å². The summed E-state index contributed by atoms with van der Waals surface area (Å²) in [5.41, 5.74) is 6.46. The number of nitrogens with zero attached hydrogens (tertiary/aromatic N) is 2. The molecule has 1 saturated heterocycles. The molecule has 6 nitrogen and oxygen atoms in total. The molecule has 1 heterocycles. The average Bonchev–Trinajstić information content (AvgIpc) is 3.58. The van der Waals surface area contributed by atoms with Crippen LogP contribution in [0, 0.1) is 51.2 Å². The first-order valence-electron chi connectivity index (χ1n) is 22.6. The predicted octanol–water partition coefficient (Wildman–Crippen LogP) is 10.3. The summed E-state index contributed by atoms with van der Waals surface area (Å²) in [5.74, 6) is 2.49. The van der Waals surface area contributed by atoms with Crippen LogP contribution in [0.4, 0.5) is 0 Å². The van der Waals surface area contributed by atoms with E-state index >= 15 is 0 Å². The molecule has 2 aromatic rings. The highest BCUT2D eigenvalue weighted by Crippen LogP contribution is 2.76. The zero-order valence-electron chi connectivity index (χ0n) is 36.2. The second-order valence-electron chi connectivity index (χ2n) is 21.0. The molecule has 2 N–H and O–H groups in total. The molecule has 5 fully saturated rings. The highest BCUT2D eigenvalue weighted by atomic mass is 16.4. The van der Waals surface area contributed by atoms with Gasteiger partial charge in [0.15, 0.2) is 0 Å². The van der Waals surface area contributed by atoms with Gasteiger partial charge in [-0.3, -0.25) is 9.69 Å². The van der Waals surface area contributed by atoms with Gasteiger partial charge in [-0.05, 0) is 152 Å². The topological polar surface area (TPSA) is 72.9 Å². The van der Waals surface area contributed by atoms with Gasteiger partial charge in [0, 0.05) is 44.8 Å². The smallest absolute Gasteiger partial charge is 0.335 e. The van der Waals surface area contributed by atoms with Gasteiger partial charge in [-0.15, -0.1) is 0 Å². The van der Waals surface area contributed by atoms with E-state index in [-0.39, 0.29) is 33.6 Å². The van der Waals surface area contributed by atoms with Crippen LogP contribution in [0.5, 0.6) is 0 Å². The fourth-order valence-electron chi connectivity index (χ4n) is 15.2. The van der Waals surface area contributed by atoms with Crippen molar-refractivity contribution in [1.29, 1.82) is 0 Å². The Bertz CT molecular complexity index is 1880. The second-order valence-corrected chi connectivity index (χ2v) is 21.0. The van der Waals surface area contributed by atoms with E-state index in [4.69, 9.17) is 0 Å². The Hall–Kier alpha value is -3.22. The van der Waals surface area contributed by atoms with Crippen LogP contribution in [0.2, 0.25) is 0 Å². The third kappa shape index (κ3) is 6.49. The maximum Gasteiger partial charge on any atom is 0.335 e. The Kier molecular flexibility index (Phi) is 10.5. The number of carbonyl (C=O) groups is 2. The number of amides is 1. The van der Waals surface area contributed by atoms with E-state index in [2.05, 4.69) is 81.4 Å². The number of carbonyl (C=O) groups excluding carboxylic acids is 1. The van der Waals surface area contributed by atoms with E-state index in [1.807, 2.05) is 37.3 Å². The van der Waals surface area contributed by atoms with E-state index in [0.717, 1.165) is 51.3 Å². The lowest BCUT2D eigenvalue weighted by molar-refractivity contribution is -0.219. The normalized spacial score (nSPS) is 37.8. The summed E-state index contributed by atoms with van der Waals surface area (Å²) in [4.78, 5) is 29.6. The molecule has 1 amide bonds. The molecular formula is C51H71N3O3. The van der Waals surface area contributed by atoms with Crippen molar-refractivity contribution in [2.45, 2.75) is 118 Å². The number of carboxylic acids is 1. The van der Waals surface area contributed by atoms with Crippen molar-refractivity contribution in [3.8, 4) is 0 Å². The molecule has 8 rings (SSSR count). The van der Waals surface area contributed by atoms with Crippen molar-refractivity contribution >= 4 is 17.4 Å². The molecule has 10 unspecified atom stereocenters. The van der Waals surface area contributed by atoms with Crippen molar-refractivity contribution < 1.29 is 14.7 Å². The number of carboxylic acid groups (broad SMARTS) is 1. The summed E-state index contributed by atoms with van der Waals surface area (Å²) in [6.07, 6.45) is 13.9. The monoisotopic (exact) mass is 774 g/mol. The van der Waals surface area contributed by atoms with E-state index in [9.17, 15) is 14.7 Å². The Morgan fingerprint density at radius 1 is 0.842 bits per heavy atom. The van der Waals surface area contributed by atoms with Crippen LogP contribution in [0.15, 0.2) is 72.8 Å². The average molecular weight is 774 g/mol. The van der Waals surface area contributed by atoms with Crippen LogP contribution >= 0.6 is 0 Å². The van der Waals surface area contributed by atoms with E-state index in [0.29, 0.717) is 40.6 Å². The van der Waals surface area contributed by atoms with E-state index < -0.39 is 5.97 Å². The number of fused-ring (bicyclic) bond motifs is 7. The third-order valence-electron chi connectivity index (χ3n) is 18.3. The minimum Gasteiger partial charge on any atom is -0.478 e. The number of rotatable bonds is 9. The SMILES string of the molecule is C=C(C)C1CCC2(NCCN3CCN(C(=O)C(C)c4ccccc4)CC3)CCC3(C)C(CCC4C5(C)CC=C(c6ccc(C(=O)O)cc6)C(C)(C)C5CCC43C)C12. The zero-order valence-corrected chi connectivity index (χ0v) is 36.2. The molecule has 4 saturated carbocycles. The second kappa shape index (κ2) is 14.8. The summed E-state index contributed by atoms with van der Waals surface area (Å²) < 4.78 is 0. The largest absolute Gasteiger partial charge is 0.478 e. The first-order valence-corrected chi connectivity index (χ1v) is 22.6. The predicted molar refractivity (Wildman–Crippen MR) is 232 cm³/mol. The first kappa shape index (κ1) is 40.6. The van der Waals surface area contributed by atoms with Crippen LogP contribution in [-0.4, -0.2) is 71.6 Å². The van der Waals surface area contributed by atoms with Gasteiger partial charge in [0.1, 0.15) is 0 Å². The lowest BCUT2D eigenvalue weighted by atomic mass is 9.33. The summed E-state index contributed by atoms with van der Waals surface area (Å²) in [6.45, 7) is 27.7. The Morgan fingerprint density at radius 3 is 2.21 bits per heavy atom. The Labute approximate surface area is 343 Å². The van der Waals surface area contributed by atoms with Crippen LogP contribution in [0.25, 0.3) is 5.57 Å².